The van der Waals surface area contributed by atoms with Crippen LogP contribution in [-0.4, -0.2) is 70.0 Å². The Balaban J connectivity index is 2.11. The van der Waals surface area contributed by atoms with E-state index in [1.165, 1.54) is 10.4 Å². The lowest BCUT2D eigenvalue weighted by Gasteiger charge is -2.26. The van der Waals surface area contributed by atoms with Crippen LogP contribution in [0.15, 0.2) is 23.1 Å². The van der Waals surface area contributed by atoms with Crippen LogP contribution in [0.1, 0.15) is 6.42 Å². The van der Waals surface area contributed by atoms with E-state index in [4.69, 9.17) is 11.2 Å². The number of terminal acetylenes is 1. The number of sulfonamides is 1. The third kappa shape index (κ3) is 5.25. The summed E-state index contributed by atoms with van der Waals surface area (Å²) in [4.78, 5) is 13.3. The van der Waals surface area contributed by atoms with Gasteiger partial charge in [0.1, 0.15) is 10.7 Å². The Labute approximate surface area is 153 Å². The highest BCUT2D eigenvalue weighted by Gasteiger charge is 2.29. The van der Waals surface area contributed by atoms with Gasteiger partial charge in [-0.2, -0.15) is 4.31 Å². The first-order chi connectivity index (χ1) is 12.3. The number of amides is 1. The van der Waals surface area contributed by atoms with E-state index in [9.17, 15) is 17.6 Å². The molecule has 1 amide bonds. The van der Waals surface area contributed by atoms with Gasteiger partial charge < -0.3 is 10.1 Å². The third-order valence-corrected chi connectivity index (χ3v) is 5.77. The Bertz CT molecular complexity index is 786. The van der Waals surface area contributed by atoms with Crippen LogP contribution in [0.25, 0.3) is 0 Å². The number of nitrogens with one attached hydrogen (secondary N) is 1. The summed E-state index contributed by atoms with van der Waals surface area (Å²) in [5.41, 5.74) is 0.216. The molecule has 1 aromatic carbocycles. The minimum Gasteiger partial charge on any atom is -0.379 e. The van der Waals surface area contributed by atoms with Crippen molar-refractivity contribution in [3.05, 3.63) is 24.0 Å². The third-order valence-electron chi connectivity index (χ3n) is 3.85. The Hall–Kier alpha value is -1.99. The Kier molecular flexibility index (Phi) is 7.11. The van der Waals surface area contributed by atoms with Crippen LogP contribution in [0.2, 0.25) is 0 Å². The molecule has 9 heteroatoms. The molecule has 7 nitrogen and oxygen atoms in total. The van der Waals surface area contributed by atoms with Gasteiger partial charge in [0, 0.05) is 31.7 Å². The van der Waals surface area contributed by atoms with Crippen LogP contribution >= 0.6 is 0 Å². The van der Waals surface area contributed by atoms with Gasteiger partial charge in [-0.15, -0.1) is 12.3 Å². The van der Waals surface area contributed by atoms with E-state index in [-0.39, 0.29) is 44.4 Å². The first kappa shape index (κ1) is 20.3. The number of nitrogens with zero attached hydrogens (tertiary/aromatic N) is 2. The maximum absolute atomic E-state index is 14.1. The van der Waals surface area contributed by atoms with E-state index >= 15 is 0 Å². The molecule has 1 saturated heterocycles. The topological polar surface area (TPSA) is 79.0 Å². The van der Waals surface area contributed by atoms with E-state index in [2.05, 4.69) is 11.2 Å². The van der Waals surface area contributed by atoms with Gasteiger partial charge in [-0.1, -0.05) is 0 Å². The van der Waals surface area contributed by atoms with Crippen molar-refractivity contribution in [2.45, 2.75) is 11.3 Å². The smallest absolute Gasteiger partial charge is 0.246 e. The minimum absolute atomic E-state index is 0.0879. The monoisotopic (exact) mass is 383 g/mol. The zero-order valence-corrected chi connectivity index (χ0v) is 15.4. The molecule has 142 valence electrons. The average molecular weight is 383 g/mol. The summed E-state index contributed by atoms with van der Waals surface area (Å²) in [5.74, 6) is 1.29. The highest BCUT2D eigenvalue weighted by atomic mass is 32.2. The van der Waals surface area contributed by atoms with Crippen LogP contribution in [0, 0.1) is 18.2 Å². The summed E-state index contributed by atoms with van der Waals surface area (Å²) in [6, 6.07) is 3.50. The quantitative estimate of drug-likeness (QED) is 0.703. The minimum atomic E-state index is -3.99. The van der Waals surface area contributed by atoms with Crippen molar-refractivity contribution >= 4 is 21.6 Å². The Morgan fingerprint density at radius 2 is 2.12 bits per heavy atom. The number of hydrogen-bond donors (Lipinski definition) is 1. The van der Waals surface area contributed by atoms with Gasteiger partial charge in [-0.05, 0) is 25.2 Å². The van der Waals surface area contributed by atoms with Gasteiger partial charge >= 0.3 is 0 Å². The number of halogens is 1. The molecule has 0 bridgehead atoms. The van der Waals surface area contributed by atoms with Gasteiger partial charge in [0.05, 0.1) is 19.8 Å². The molecule has 0 aliphatic carbocycles. The summed E-state index contributed by atoms with van der Waals surface area (Å²) >= 11 is 0. The second-order valence-electron chi connectivity index (χ2n) is 5.90. The van der Waals surface area contributed by atoms with Crippen molar-refractivity contribution in [1.29, 1.82) is 0 Å². The predicted molar refractivity (Wildman–Crippen MR) is 95.6 cm³/mol. The van der Waals surface area contributed by atoms with Crippen molar-refractivity contribution < 1.29 is 22.3 Å². The number of carbonyl (C=O) groups is 1. The number of benzene rings is 1. The van der Waals surface area contributed by atoms with Gasteiger partial charge in [0.15, 0.2) is 0 Å². The van der Waals surface area contributed by atoms with Crippen LogP contribution in [-0.2, 0) is 19.6 Å². The van der Waals surface area contributed by atoms with E-state index in [0.29, 0.717) is 13.0 Å². The molecule has 1 N–H and O–H groups in total. The molecule has 1 fully saturated rings. The zero-order chi connectivity index (χ0) is 19.2. The Morgan fingerprint density at radius 3 is 2.77 bits per heavy atom. The highest BCUT2D eigenvalue weighted by molar-refractivity contribution is 7.89. The predicted octanol–water partition coefficient (Wildman–Crippen LogP) is 0.740. The molecule has 0 aromatic heterocycles. The average Bonchev–Trinajstić information content (AvgIpc) is 2.62. The first-order valence-corrected chi connectivity index (χ1v) is 9.58. The van der Waals surface area contributed by atoms with Crippen molar-refractivity contribution in [2.24, 2.45) is 0 Å². The van der Waals surface area contributed by atoms with Crippen molar-refractivity contribution in [2.75, 3.05) is 51.8 Å². The first-order valence-electron chi connectivity index (χ1n) is 8.14. The number of ether oxygens (including phenoxy) is 1. The molecule has 0 unspecified atom stereocenters. The Morgan fingerprint density at radius 1 is 1.42 bits per heavy atom. The van der Waals surface area contributed by atoms with Crippen molar-refractivity contribution in [1.82, 2.24) is 9.21 Å². The van der Waals surface area contributed by atoms with Crippen LogP contribution < -0.4 is 5.32 Å². The molecule has 1 heterocycles. The van der Waals surface area contributed by atoms with Gasteiger partial charge in [0.25, 0.3) is 0 Å². The molecule has 2 rings (SSSR count). The fourth-order valence-electron chi connectivity index (χ4n) is 2.48. The number of anilines is 1. The SMILES string of the molecule is C#CCCN(C)CC(=O)Nc1ccc(F)c(S(=O)(=O)N2CCOCC2)c1. The van der Waals surface area contributed by atoms with E-state index in [1.54, 1.807) is 11.9 Å². The molecule has 1 aromatic rings. The van der Waals surface area contributed by atoms with Gasteiger partial charge in [-0.3, -0.25) is 9.69 Å². The standard InChI is InChI=1S/C17H22FN3O4S/c1-3-4-7-20(2)13-17(22)19-14-5-6-15(18)16(12-14)26(23,24)21-8-10-25-11-9-21/h1,5-6,12H,4,7-11,13H2,2H3,(H,19,22). The normalized spacial score (nSPS) is 15.6. The molecule has 26 heavy (non-hydrogen) atoms. The summed E-state index contributed by atoms with van der Waals surface area (Å²) in [6.45, 7) is 1.51. The summed E-state index contributed by atoms with van der Waals surface area (Å²) in [6.07, 6.45) is 5.70. The van der Waals surface area contributed by atoms with Crippen molar-refractivity contribution in [3.8, 4) is 12.3 Å². The summed E-state index contributed by atoms with van der Waals surface area (Å²) < 4.78 is 45.7. The molecule has 0 spiro atoms. The summed E-state index contributed by atoms with van der Waals surface area (Å²) in [7, 11) is -2.25. The lowest BCUT2D eigenvalue weighted by Crippen LogP contribution is -2.41. The maximum Gasteiger partial charge on any atom is 0.246 e. The van der Waals surface area contributed by atoms with Crippen molar-refractivity contribution in [3.63, 3.8) is 0 Å². The molecule has 0 atom stereocenters. The second kappa shape index (κ2) is 9.09. The molecule has 0 saturated carbocycles. The fraction of sp³-hybridized carbons (Fsp3) is 0.471. The largest absolute Gasteiger partial charge is 0.379 e. The van der Waals surface area contributed by atoms with E-state index < -0.39 is 20.7 Å². The lowest BCUT2D eigenvalue weighted by atomic mass is 10.3. The summed E-state index contributed by atoms with van der Waals surface area (Å²) in [5, 5.41) is 2.59. The zero-order valence-electron chi connectivity index (χ0n) is 14.6. The fourth-order valence-corrected chi connectivity index (χ4v) is 3.98. The maximum atomic E-state index is 14.1. The number of rotatable bonds is 7. The van der Waals surface area contributed by atoms with Gasteiger partial charge in [-0.25, -0.2) is 12.8 Å². The lowest BCUT2D eigenvalue weighted by molar-refractivity contribution is -0.117. The molecular formula is C17H22FN3O4S. The molecular weight excluding hydrogens is 361 g/mol. The van der Waals surface area contributed by atoms with Crippen LogP contribution in [0.3, 0.4) is 0 Å². The van der Waals surface area contributed by atoms with Crippen LogP contribution in [0.4, 0.5) is 10.1 Å². The number of morpholine rings is 1. The van der Waals surface area contributed by atoms with Crippen LogP contribution in [0.5, 0.6) is 0 Å². The highest BCUT2D eigenvalue weighted by Crippen LogP contribution is 2.23. The number of likely N-dealkylation sites (N-methyl/N-ethyl adjacent to an activating group) is 1. The number of carbonyl (C=O) groups excluding carboxylic acids is 1. The van der Waals surface area contributed by atoms with E-state index in [1.807, 2.05) is 0 Å². The van der Waals surface area contributed by atoms with E-state index in [0.717, 1.165) is 12.1 Å². The molecule has 1 aliphatic heterocycles. The number of hydrogen-bond acceptors (Lipinski definition) is 5. The molecule has 1 aliphatic rings. The molecule has 0 radical (unpaired) electrons. The van der Waals surface area contributed by atoms with Gasteiger partial charge in [0.2, 0.25) is 15.9 Å². The second-order valence-corrected chi connectivity index (χ2v) is 7.81.